The number of esters is 1. The number of para-hydroxylation sites is 1. The fraction of sp³-hybridized carbons (Fsp3) is 0.280. The second kappa shape index (κ2) is 12.5. The molecule has 0 bridgehead atoms. The number of rotatable bonds is 10. The topological polar surface area (TPSA) is 111 Å². The largest absolute Gasteiger partial charge is 0.493 e. The van der Waals surface area contributed by atoms with Crippen LogP contribution in [0.1, 0.15) is 35.7 Å². The summed E-state index contributed by atoms with van der Waals surface area (Å²) in [7, 11) is 2.96. The van der Waals surface area contributed by atoms with Gasteiger partial charge in [-0.3, -0.25) is 19.3 Å². The van der Waals surface area contributed by atoms with Crippen LogP contribution in [-0.2, 0) is 14.3 Å². The number of anilines is 1. The molecule has 1 aliphatic rings. The monoisotopic (exact) mass is 532 g/mol. The van der Waals surface area contributed by atoms with Gasteiger partial charge in [-0.2, -0.15) is 0 Å². The zero-order valence-corrected chi connectivity index (χ0v) is 21.5. The number of nitrogens with one attached hydrogen (secondary N) is 1. The Balaban J connectivity index is 1.70. The van der Waals surface area contributed by atoms with Gasteiger partial charge in [-0.05, 0) is 48.5 Å². The molecular weight excluding hydrogens is 508 g/mol. The number of carbonyl (C=O) groups is 4. The van der Waals surface area contributed by atoms with Gasteiger partial charge in [0.25, 0.3) is 11.1 Å². The lowest BCUT2D eigenvalue weighted by Crippen LogP contribution is -2.36. The summed E-state index contributed by atoms with van der Waals surface area (Å²) < 4.78 is 15.8. The average Bonchev–Trinajstić information content (AvgIpc) is 3.12. The Morgan fingerprint density at radius 2 is 1.92 bits per heavy atom. The lowest BCUT2D eigenvalue weighted by atomic mass is 10.1. The minimum atomic E-state index is -0.620. The molecule has 3 rings (SSSR count). The number of benzene rings is 2. The molecule has 9 nitrogen and oxygen atoms in total. The van der Waals surface area contributed by atoms with Crippen molar-refractivity contribution in [2.24, 2.45) is 0 Å². The van der Waals surface area contributed by atoms with Crippen molar-refractivity contribution in [1.29, 1.82) is 0 Å². The molecule has 0 saturated carbocycles. The lowest BCUT2D eigenvalue weighted by Gasteiger charge is -2.13. The summed E-state index contributed by atoms with van der Waals surface area (Å²) in [5, 5.41) is 2.18. The third kappa shape index (κ3) is 6.38. The van der Waals surface area contributed by atoms with Crippen LogP contribution in [0, 0.1) is 0 Å². The predicted molar refractivity (Wildman–Crippen MR) is 137 cm³/mol. The molecule has 1 heterocycles. The highest BCUT2D eigenvalue weighted by molar-refractivity contribution is 8.18. The summed E-state index contributed by atoms with van der Waals surface area (Å²) in [4.78, 5) is 51.2. The molecular formula is C25H25ClN2O7S. The van der Waals surface area contributed by atoms with Gasteiger partial charge < -0.3 is 19.5 Å². The van der Waals surface area contributed by atoms with Crippen LogP contribution in [0.4, 0.5) is 10.5 Å². The summed E-state index contributed by atoms with van der Waals surface area (Å²) in [5.74, 6) is -0.946. The van der Waals surface area contributed by atoms with E-state index in [1.54, 1.807) is 18.2 Å². The standard InChI is InChI=1S/C25H25ClN2O7S/c1-4-5-11-35-24(31)17-13-16(9-10-18(17)26)27-21(29)14-28-23(30)20(36-25(28)32)12-15-7-6-8-19(33-2)22(15)34-3/h6-10,12-13H,4-5,11,14H2,1-3H3,(H,27,29)/b20-12+. The number of methoxy groups -OCH3 is 2. The van der Waals surface area contributed by atoms with E-state index in [0.29, 0.717) is 17.1 Å². The number of hydrogen-bond donors (Lipinski definition) is 1. The SMILES string of the molecule is CCCCOC(=O)c1cc(NC(=O)CN2C(=O)S/C(=C/c3cccc(OC)c3OC)C2=O)ccc1Cl. The number of ether oxygens (including phenoxy) is 3. The van der Waals surface area contributed by atoms with Crippen molar-refractivity contribution in [2.75, 3.05) is 32.7 Å². The van der Waals surface area contributed by atoms with Gasteiger partial charge in [-0.1, -0.05) is 37.1 Å². The smallest absolute Gasteiger partial charge is 0.339 e. The highest BCUT2D eigenvalue weighted by atomic mass is 35.5. The number of carbonyl (C=O) groups excluding carboxylic acids is 4. The second-order valence-corrected chi connectivity index (χ2v) is 8.98. The van der Waals surface area contributed by atoms with Crippen LogP contribution in [0.3, 0.4) is 0 Å². The highest BCUT2D eigenvalue weighted by Crippen LogP contribution is 2.37. The van der Waals surface area contributed by atoms with E-state index in [1.807, 2.05) is 6.92 Å². The Labute approximate surface area is 217 Å². The van der Waals surface area contributed by atoms with Gasteiger partial charge in [0.15, 0.2) is 11.5 Å². The molecule has 0 aliphatic carbocycles. The first-order valence-corrected chi connectivity index (χ1v) is 12.2. The number of imide groups is 1. The number of unbranched alkanes of at least 4 members (excludes halogenated alkanes) is 1. The first kappa shape index (κ1) is 27.1. The summed E-state index contributed by atoms with van der Waals surface area (Å²) in [6.45, 7) is 1.73. The van der Waals surface area contributed by atoms with Gasteiger partial charge in [0.05, 0.1) is 36.3 Å². The van der Waals surface area contributed by atoms with E-state index in [2.05, 4.69) is 5.32 Å². The van der Waals surface area contributed by atoms with Crippen molar-refractivity contribution >= 4 is 58.1 Å². The quantitative estimate of drug-likeness (QED) is 0.259. The van der Waals surface area contributed by atoms with E-state index in [9.17, 15) is 19.2 Å². The molecule has 11 heteroatoms. The predicted octanol–water partition coefficient (Wildman–Crippen LogP) is 4.99. The van der Waals surface area contributed by atoms with E-state index in [4.69, 9.17) is 25.8 Å². The lowest BCUT2D eigenvalue weighted by molar-refractivity contribution is -0.127. The molecule has 1 aliphatic heterocycles. The summed E-state index contributed by atoms with van der Waals surface area (Å²) in [6.07, 6.45) is 3.10. The van der Waals surface area contributed by atoms with Crippen molar-refractivity contribution in [2.45, 2.75) is 19.8 Å². The highest BCUT2D eigenvalue weighted by Gasteiger charge is 2.36. The van der Waals surface area contributed by atoms with Gasteiger partial charge in [0.1, 0.15) is 6.54 Å². The summed E-state index contributed by atoms with van der Waals surface area (Å²) >= 11 is 6.82. The first-order chi connectivity index (χ1) is 17.3. The Morgan fingerprint density at radius 3 is 2.61 bits per heavy atom. The fourth-order valence-corrected chi connectivity index (χ4v) is 4.32. The van der Waals surface area contributed by atoms with Crippen LogP contribution in [0.5, 0.6) is 11.5 Å². The molecule has 3 amide bonds. The van der Waals surface area contributed by atoms with Gasteiger partial charge in [0.2, 0.25) is 5.91 Å². The van der Waals surface area contributed by atoms with Gasteiger partial charge in [-0.25, -0.2) is 4.79 Å². The van der Waals surface area contributed by atoms with Crippen molar-refractivity contribution in [3.8, 4) is 11.5 Å². The van der Waals surface area contributed by atoms with E-state index >= 15 is 0 Å². The molecule has 0 radical (unpaired) electrons. The minimum absolute atomic E-state index is 0.104. The fourth-order valence-electron chi connectivity index (χ4n) is 3.29. The molecule has 2 aromatic carbocycles. The summed E-state index contributed by atoms with van der Waals surface area (Å²) in [6, 6.07) is 9.50. The molecule has 36 heavy (non-hydrogen) atoms. The van der Waals surface area contributed by atoms with Crippen LogP contribution in [0.2, 0.25) is 5.02 Å². The maximum atomic E-state index is 12.9. The number of halogens is 1. The van der Waals surface area contributed by atoms with E-state index < -0.39 is 29.6 Å². The molecule has 0 unspecified atom stereocenters. The van der Waals surface area contributed by atoms with Crippen molar-refractivity contribution < 1.29 is 33.4 Å². The van der Waals surface area contributed by atoms with Crippen LogP contribution in [0.15, 0.2) is 41.3 Å². The molecule has 1 saturated heterocycles. The molecule has 0 spiro atoms. The van der Waals surface area contributed by atoms with Crippen molar-refractivity contribution in [3.05, 3.63) is 57.5 Å². The van der Waals surface area contributed by atoms with Gasteiger partial charge >= 0.3 is 5.97 Å². The van der Waals surface area contributed by atoms with E-state index in [1.165, 1.54) is 38.5 Å². The van der Waals surface area contributed by atoms with Gasteiger partial charge in [0, 0.05) is 11.3 Å². The van der Waals surface area contributed by atoms with Crippen LogP contribution in [0.25, 0.3) is 6.08 Å². The molecule has 1 fully saturated rings. The average molecular weight is 533 g/mol. The Morgan fingerprint density at radius 1 is 1.14 bits per heavy atom. The molecule has 0 aromatic heterocycles. The van der Waals surface area contributed by atoms with Crippen molar-refractivity contribution in [3.63, 3.8) is 0 Å². The zero-order valence-electron chi connectivity index (χ0n) is 20.0. The Kier molecular flexibility index (Phi) is 9.38. The van der Waals surface area contributed by atoms with Gasteiger partial charge in [-0.15, -0.1) is 0 Å². The van der Waals surface area contributed by atoms with Crippen LogP contribution >= 0.6 is 23.4 Å². The molecule has 2 aromatic rings. The summed E-state index contributed by atoms with van der Waals surface area (Å²) in [5.41, 5.74) is 0.925. The Bertz CT molecular complexity index is 1210. The molecule has 190 valence electrons. The first-order valence-electron chi connectivity index (χ1n) is 11.0. The number of thioether (sulfide) groups is 1. The van der Waals surface area contributed by atoms with Crippen molar-refractivity contribution in [1.82, 2.24) is 4.90 Å². The van der Waals surface area contributed by atoms with E-state index in [0.717, 1.165) is 29.5 Å². The minimum Gasteiger partial charge on any atom is -0.493 e. The molecule has 1 N–H and O–H groups in total. The third-order valence-corrected chi connectivity index (χ3v) is 6.33. The van der Waals surface area contributed by atoms with E-state index in [-0.39, 0.29) is 27.8 Å². The maximum absolute atomic E-state index is 12.9. The maximum Gasteiger partial charge on any atom is 0.339 e. The number of amides is 3. The second-order valence-electron chi connectivity index (χ2n) is 7.58. The van der Waals surface area contributed by atoms with Crippen LogP contribution < -0.4 is 14.8 Å². The number of hydrogen-bond acceptors (Lipinski definition) is 8. The zero-order chi connectivity index (χ0) is 26.2. The molecule has 0 atom stereocenters. The number of nitrogens with zero attached hydrogens (tertiary/aromatic N) is 1. The Hall–Kier alpha value is -3.50. The van der Waals surface area contributed by atoms with Crippen LogP contribution in [-0.4, -0.2) is 55.3 Å². The third-order valence-electron chi connectivity index (χ3n) is 5.10. The normalized spacial score (nSPS) is 14.2.